The van der Waals surface area contributed by atoms with Gasteiger partial charge in [-0.2, -0.15) is 0 Å². The van der Waals surface area contributed by atoms with Crippen LogP contribution in [0.1, 0.15) is 45.2 Å². The second-order valence-electron chi connectivity index (χ2n) is 6.53. The van der Waals surface area contributed by atoms with E-state index in [1.54, 1.807) is 4.90 Å². The molecule has 1 unspecified atom stereocenters. The number of carbonyl (C=O) groups is 2. The third-order valence-electron chi connectivity index (χ3n) is 4.13. The minimum Gasteiger partial charge on any atom is -0.491 e. The van der Waals surface area contributed by atoms with Crippen LogP contribution in [-0.2, 0) is 4.79 Å². The Morgan fingerprint density at radius 2 is 2.08 bits per heavy atom. The minimum atomic E-state index is -0.834. The molecular weight excluding hydrogens is 308 g/mol. The van der Waals surface area contributed by atoms with Gasteiger partial charge in [-0.15, -0.1) is 0 Å². The number of amides is 2. The molecule has 2 N–H and O–H groups in total. The summed E-state index contributed by atoms with van der Waals surface area (Å²) < 4.78 is 5.68. The van der Waals surface area contributed by atoms with Crippen molar-refractivity contribution in [3.63, 3.8) is 0 Å². The van der Waals surface area contributed by atoms with Gasteiger partial charge in [-0.25, -0.2) is 4.79 Å². The van der Waals surface area contributed by atoms with Gasteiger partial charge in [-0.05, 0) is 51.3 Å². The fourth-order valence-corrected chi connectivity index (χ4v) is 2.85. The highest BCUT2D eigenvalue weighted by Gasteiger charge is 2.28. The quantitative estimate of drug-likeness (QED) is 0.867. The monoisotopic (exact) mass is 334 g/mol. The van der Waals surface area contributed by atoms with E-state index < -0.39 is 11.9 Å². The first-order valence-corrected chi connectivity index (χ1v) is 8.41. The normalized spacial score (nSPS) is 19.0. The highest BCUT2D eigenvalue weighted by atomic mass is 16.5. The molecule has 0 bridgehead atoms. The molecule has 1 aromatic rings. The number of ether oxygens (including phenoxy) is 1. The number of carboxylic acids is 1. The molecule has 1 aliphatic rings. The van der Waals surface area contributed by atoms with Crippen molar-refractivity contribution in [3.8, 4) is 5.75 Å². The molecule has 2 atom stereocenters. The number of carboxylic acid groups (broad SMARTS) is 1. The average Bonchev–Trinajstić information content (AvgIpc) is 2.54. The Morgan fingerprint density at radius 3 is 2.75 bits per heavy atom. The van der Waals surface area contributed by atoms with E-state index in [4.69, 9.17) is 9.84 Å². The van der Waals surface area contributed by atoms with E-state index >= 15 is 0 Å². The minimum absolute atomic E-state index is 0.0893. The third-order valence-corrected chi connectivity index (χ3v) is 4.13. The number of likely N-dealkylation sites (tertiary alicyclic amines) is 1. The number of nitrogens with one attached hydrogen (secondary N) is 1. The number of urea groups is 1. The Balaban J connectivity index is 1.97. The molecule has 2 amide bonds. The first-order valence-electron chi connectivity index (χ1n) is 8.41. The molecule has 1 heterocycles. The molecule has 1 aromatic carbocycles. The van der Waals surface area contributed by atoms with Crippen molar-refractivity contribution < 1.29 is 19.4 Å². The van der Waals surface area contributed by atoms with Crippen molar-refractivity contribution in [2.75, 3.05) is 13.1 Å². The van der Waals surface area contributed by atoms with Gasteiger partial charge in [0.2, 0.25) is 0 Å². The largest absolute Gasteiger partial charge is 0.491 e. The first-order chi connectivity index (χ1) is 11.4. The van der Waals surface area contributed by atoms with Gasteiger partial charge in [0.15, 0.2) is 0 Å². The molecule has 6 heteroatoms. The maximum absolute atomic E-state index is 12.4. The zero-order valence-corrected chi connectivity index (χ0v) is 14.5. The summed E-state index contributed by atoms with van der Waals surface area (Å²) in [6.07, 6.45) is 1.44. The van der Waals surface area contributed by atoms with Crippen molar-refractivity contribution in [1.29, 1.82) is 0 Å². The highest BCUT2D eigenvalue weighted by Crippen LogP contribution is 2.21. The van der Waals surface area contributed by atoms with Crippen LogP contribution in [0.25, 0.3) is 0 Å². The second-order valence-corrected chi connectivity index (χ2v) is 6.53. The number of nitrogens with zero attached hydrogens (tertiary/aromatic N) is 1. The lowest BCUT2D eigenvalue weighted by atomic mass is 9.98. The zero-order valence-electron chi connectivity index (χ0n) is 14.5. The topological polar surface area (TPSA) is 78.9 Å². The predicted molar refractivity (Wildman–Crippen MR) is 91.1 cm³/mol. The molecular formula is C18H26N2O4. The zero-order chi connectivity index (χ0) is 17.7. The molecule has 2 rings (SSSR count). The first kappa shape index (κ1) is 18.1. The number of hydrogen-bond acceptors (Lipinski definition) is 3. The predicted octanol–water partition coefficient (Wildman–Crippen LogP) is 3.04. The number of piperidine rings is 1. The summed E-state index contributed by atoms with van der Waals surface area (Å²) in [4.78, 5) is 25.1. The summed E-state index contributed by atoms with van der Waals surface area (Å²) in [5.41, 5.74) is 0.952. The van der Waals surface area contributed by atoms with E-state index in [1.165, 1.54) is 0 Å². The van der Waals surface area contributed by atoms with Gasteiger partial charge < -0.3 is 20.1 Å². The van der Waals surface area contributed by atoms with Crippen molar-refractivity contribution in [1.82, 2.24) is 10.2 Å². The third kappa shape index (κ3) is 4.88. The van der Waals surface area contributed by atoms with E-state index in [0.29, 0.717) is 13.0 Å². The van der Waals surface area contributed by atoms with Gasteiger partial charge in [0.1, 0.15) is 5.75 Å². The summed E-state index contributed by atoms with van der Waals surface area (Å²) in [6.45, 7) is 6.70. The molecule has 0 aromatic heterocycles. The Hall–Kier alpha value is -2.24. The van der Waals surface area contributed by atoms with E-state index in [-0.39, 0.29) is 24.7 Å². The SMILES string of the molecule is CC(C)Oc1cccc(C(C)NC(=O)N2CCC[C@@H](C(=O)O)C2)c1. The van der Waals surface area contributed by atoms with Crippen LogP contribution >= 0.6 is 0 Å². The lowest BCUT2D eigenvalue weighted by Gasteiger charge is -2.31. The highest BCUT2D eigenvalue weighted by molar-refractivity contribution is 5.77. The van der Waals surface area contributed by atoms with Gasteiger partial charge in [0, 0.05) is 13.1 Å². The Labute approximate surface area is 142 Å². The van der Waals surface area contributed by atoms with Crippen LogP contribution in [0.4, 0.5) is 4.79 Å². The van der Waals surface area contributed by atoms with Crippen LogP contribution in [0.3, 0.4) is 0 Å². The van der Waals surface area contributed by atoms with Crippen LogP contribution in [0, 0.1) is 5.92 Å². The molecule has 0 radical (unpaired) electrons. The smallest absolute Gasteiger partial charge is 0.317 e. The summed E-state index contributed by atoms with van der Waals surface area (Å²) in [6, 6.07) is 7.24. The van der Waals surface area contributed by atoms with Crippen LogP contribution in [0.5, 0.6) is 5.75 Å². The molecule has 24 heavy (non-hydrogen) atoms. The Bertz CT molecular complexity index is 588. The molecule has 132 valence electrons. The van der Waals surface area contributed by atoms with Gasteiger partial charge in [-0.3, -0.25) is 4.79 Å². The number of carbonyl (C=O) groups excluding carboxylic acids is 1. The Morgan fingerprint density at radius 1 is 1.33 bits per heavy atom. The molecule has 1 aliphatic heterocycles. The van der Waals surface area contributed by atoms with Crippen LogP contribution in [-0.4, -0.2) is 41.2 Å². The molecule has 0 aliphatic carbocycles. The van der Waals surface area contributed by atoms with Crippen LogP contribution in [0.2, 0.25) is 0 Å². The van der Waals surface area contributed by atoms with E-state index in [2.05, 4.69) is 5.32 Å². The fourth-order valence-electron chi connectivity index (χ4n) is 2.85. The van der Waals surface area contributed by atoms with Crippen LogP contribution in [0.15, 0.2) is 24.3 Å². The number of aliphatic carboxylic acids is 1. The lowest BCUT2D eigenvalue weighted by Crippen LogP contribution is -2.47. The lowest BCUT2D eigenvalue weighted by molar-refractivity contribution is -0.143. The molecule has 6 nitrogen and oxygen atoms in total. The maximum Gasteiger partial charge on any atom is 0.317 e. The van der Waals surface area contributed by atoms with Gasteiger partial charge in [-0.1, -0.05) is 12.1 Å². The second kappa shape index (κ2) is 8.04. The molecule has 1 fully saturated rings. The van der Waals surface area contributed by atoms with Gasteiger partial charge >= 0.3 is 12.0 Å². The van der Waals surface area contributed by atoms with Crippen molar-refractivity contribution in [2.45, 2.75) is 45.8 Å². The Kier molecular flexibility index (Phi) is 6.06. The standard InChI is InChI=1S/C18H26N2O4/c1-12(2)24-16-8-4-6-14(10-16)13(3)19-18(23)20-9-5-7-15(11-20)17(21)22/h4,6,8,10,12-13,15H,5,7,9,11H2,1-3H3,(H,19,23)(H,21,22)/t13?,15-/m1/s1. The maximum atomic E-state index is 12.4. The van der Waals surface area contributed by atoms with Crippen molar-refractivity contribution >= 4 is 12.0 Å². The number of rotatable bonds is 5. The van der Waals surface area contributed by atoms with Gasteiger partial charge in [0.25, 0.3) is 0 Å². The average molecular weight is 334 g/mol. The van der Waals surface area contributed by atoms with E-state index in [0.717, 1.165) is 17.7 Å². The molecule has 0 spiro atoms. The van der Waals surface area contributed by atoms with Crippen LogP contribution < -0.4 is 10.1 Å². The van der Waals surface area contributed by atoms with Crippen molar-refractivity contribution in [2.24, 2.45) is 5.92 Å². The number of hydrogen-bond donors (Lipinski definition) is 2. The number of benzene rings is 1. The summed E-state index contributed by atoms with van der Waals surface area (Å²) in [5.74, 6) is -0.533. The molecule has 1 saturated heterocycles. The van der Waals surface area contributed by atoms with Gasteiger partial charge in [0.05, 0.1) is 18.1 Å². The summed E-state index contributed by atoms with van der Waals surface area (Å²) >= 11 is 0. The summed E-state index contributed by atoms with van der Waals surface area (Å²) in [5, 5.41) is 12.1. The summed E-state index contributed by atoms with van der Waals surface area (Å²) in [7, 11) is 0. The molecule has 0 saturated carbocycles. The fraction of sp³-hybridized carbons (Fsp3) is 0.556. The van der Waals surface area contributed by atoms with Crippen molar-refractivity contribution in [3.05, 3.63) is 29.8 Å². The van der Waals surface area contributed by atoms with E-state index in [1.807, 2.05) is 45.0 Å². The van der Waals surface area contributed by atoms with E-state index in [9.17, 15) is 9.59 Å².